The van der Waals surface area contributed by atoms with Gasteiger partial charge in [-0.2, -0.15) is 0 Å². The SMILES string of the molecule is COc1ccc(COCC(F)F)cc1C(=O)O. The number of hydrogen-bond donors (Lipinski definition) is 1. The number of carboxylic acids is 1. The first-order valence-corrected chi connectivity index (χ1v) is 4.80. The fourth-order valence-electron chi connectivity index (χ4n) is 1.28. The van der Waals surface area contributed by atoms with Crippen LogP contribution in [0.5, 0.6) is 5.75 Å². The van der Waals surface area contributed by atoms with Crippen LogP contribution < -0.4 is 4.74 Å². The van der Waals surface area contributed by atoms with Crippen molar-refractivity contribution in [3.63, 3.8) is 0 Å². The predicted octanol–water partition coefficient (Wildman–Crippen LogP) is 2.18. The summed E-state index contributed by atoms with van der Waals surface area (Å²) in [5.74, 6) is -0.923. The van der Waals surface area contributed by atoms with E-state index in [-0.39, 0.29) is 17.9 Å². The second kappa shape index (κ2) is 6.15. The standard InChI is InChI=1S/C11H12F2O4/c1-16-9-3-2-7(4-8(9)11(14)15)5-17-6-10(12)13/h2-4,10H,5-6H2,1H3,(H,14,15). The summed E-state index contributed by atoms with van der Waals surface area (Å²) in [6.07, 6.45) is -2.54. The van der Waals surface area contributed by atoms with Gasteiger partial charge in [-0.25, -0.2) is 13.6 Å². The summed E-state index contributed by atoms with van der Waals surface area (Å²) >= 11 is 0. The Balaban J connectivity index is 2.74. The lowest BCUT2D eigenvalue weighted by Crippen LogP contribution is -2.06. The van der Waals surface area contributed by atoms with Gasteiger partial charge in [0.15, 0.2) is 0 Å². The summed E-state index contributed by atoms with van der Waals surface area (Å²) in [7, 11) is 1.36. The van der Waals surface area contributed by atoms with Crippen LogP contribution in [-0.2, 0) is 11.3 Å². The van der Waals surface area contributed by atoms with Crippen molar-refractivity contribution in [1.29, 1.82) is 0 Å². The second-order valence-electron chi connectivity index (χ2n) is 3.25. The third-order valence-corrected chi connectivity index (χ3v) is 2.01. The molecule has 0 saturated carbocycles. The fraction of sp³-hybridized carbons (Fsp3) is 0.364. The lowest BCUT2D eigenvalue weighted by molar-refractivity contribution is 0.00982. The monoisotopic (exact) mass is 246 g/mol. The Morgan fingerprint density at radius 2 is 2.18 bits per heavy atom. The second-order valence-corrected chi connectivity index (χ2v) is 3.25. The number of aromatic carboxylic acids is 1. The minimum atomic E-state index is -2.54. The van der Waals surface area contributed by atoms with Crippen LogP contribution in [0.4, 0.5) is 8.78 Å². The van der Waals surface area contributed by atoms with Gasteiger partial charge in [0, 0.05) is 0 Å². The molecular formula is C11H12F2O4. The number of carboxylic acid groups (broad SMARTS) is 1. The molecule has 0 saturated heterocycles. The third-order valence-electron chi connectivity index (χ3n) is 2.01. The Hall–Kier alpha value is -1.69. The van der Waals surface area contributed by atoms with Crippen molar-refractivity contribution in [2.45, 2.75) is 13.0 Å². The molecule has 1 rings (SSSR count). The van der Waals surface area contributed by atoms with E-state index in [2.05, 4.69) is 0 Å². The molecule has 0 fully saturated rings. The predicted molar refractivity (Wildman–Crippen MR) is 55.6 cm³/mol. The number of methoxy groups -OCH3 is 1. The first-order chi connectivity index (χ1) is 8.04. The highest BCUT2D eigenvalue weighted by atomic mass is 19.3. The van der Waals surface area contributed by atoms with Crippen LogP contribution in [0.3, 0.4) is 0 Å². The molecule has 94 valence electrons. The fourth-order valence-corrected chi connectivity index (χ4v) is 1.28. The summed E-state index contributed by atoms with van der Waals surface area (Å²) in [6, 6.07) is 4.37. The number of carbonyl (C=O) groups is 1. The molecule has 1 aromatic rings. The summed E-state index contributed by atoms with van der Waals surface area (Å²) in [5, 5.41) is 8.89. The van der Waals surface area contributed by atoms with Gasteiger partial charge in [-0.3, -0.25) is 0 Å². The smallest absolute Gasteiger partial charge is 0.339 e. The highest BCUT2D eigenvalue weighted by molar-refractivity contribution is 5.91. The molecule has 0 amide bonds. The highest BCUT2D eigenvalue weighted by Crippen LogP contribution is 2.20. The van der Waals surface area contributed by atoms with Gasteiger partial charge in [0.05, 0.1) is 13.7 Å². The van der Waals surface area contributed by atoms with E-state index in [0.29, 0.717) is 5.56 Å². The lowest BCUT2D eigenvalue weighted by atomic mass is 10.1. The van der Waals surface area contributed by atoms with Gasteiger partial charge < -0.3 is 14.6 Å². The van der Waals surface area contributed by atoms with Gasteiger partial charge in [-0.1, -0.05) is 6.07 Å². The maximum atomic E-state index is 11.8. The molecule has 1 aromatic carbocycles. The van der Waals surface area contributed by atoms with Gasteiger partial charge in [0.25, 0.3) is 6.43 Å². The summed E-state index contributed by atoms with van der Waals surface area (Å²) in [6.45, 7) is -0.733. The molecule has 6 heteroatoms. The molecule has 4 nitrogen and oxygen atoms in total. The van der Waals surface area contributed by atoms with E-state index < -0.39 is 19.0 Å². The van der Waals surface area contributed by atoms with Crippen LogP contribution in [0, 0.1) is 0 Å². The van der Waals surface area contributed by atoms with E-state index in [9.17, 15) is 13.6 Å². The molecule has 17 heavy (non-hydrogen) atoms. The molecule has 0 spiro atoms. The van der Waals surface area contributed by atoms with E-state index in [1.54, 1.807) is 6.07 Å². The maximum absolute atomic E-state index is 11.8. The topological polar surface area (TPSA) is 55.8 Å². The van der Waals surface area contributed by atoms with E-state index in [1.807, 2.05) is 0 Å². The minimum absolute atomic E-state index is 0.0225. The summed E-state index contributed by atoms with van der Waals surface area (Å²) in [4.78, 5) is 10.9. The number of alkyl halides is 2. The highest BCUT2D eigenvalue weighted by Gasteiger charge is 2.11. The molecule has 0 aliphatic rings. The molecular weight excluding hydrogens is 234 g/mol. The Labute approximate surface area is 96.8 Å². The average molecular weight is 246 g/mol. The molecule has 0 radical (unpaired) electrons. The van der Waals surface area contributed by atoms with Crippen molar-refractivity contribution in [3.05, 3.63) is 29.3 Å². The third kappa shape index (κ3) is 3.99. The molecule has 0 unspecified atom stereocenters. The molecule has 0 atom stereocenters. The first-order valence-electron chi connectivity index (χ1n) is 4.80. The maximum Gasteiger partial charge on any atom is 0.339 e. The molecule has 0 aliphatic carbocycles. The minimum Gasteiger partial charge on any atom is -0.496 e. The number of benzene rings is 1. The number of hydrogen-bond acceptors (Lipinski definition) is 3. The van der Waals surface area contributed by atoms with Gasteiger partial charge in [-0.05, 0) is 17.7 Å². The van der Waals surface area contributed by atoms with Crippen molar-refractivity contribution in [2.24, 2.45) is 0 Å². The van der Waals surface area contributed by atoms with Crippen LogP contribution in [0.2, 0.25) is 0 Å². The van der Waals surface area contributed by atoms with E-state index in [1.165, 1.54) is 19.2 Å². The Morgan fingerprint density at radius 1 is 1.47 bits per heavy atom. The van der Waals surface area contributed by atoms with Crippen molar-refractivity contribution < 1.29 is 28.2 Å². The van der Waals surface area contributed by atoms with Crippen molar-refractivity contribution in [2.75, 3.05) is 13.7 Å². The van der Waals surface area contributed by atoms with E-state index in [4.69, 9.17) is 14.6 Å². The van der Waals surface area contributed by atoms with Gasteiger partial charge in [0.2, 0.25) is 0 Å². The van der Waals surface area contributed by atoms with Crippen LogP contribution in [0.25, 0.3) is 0 Å². The molecule has 0 bridgehead atoms. The normalized spacial score (nSPS) is 10.6. The summed E-state index contributed by atoms with van der Waals surface area (Å²) in [5.41, 5.74) is 0.481. The molecule has 1 N–H and O–H groups in total. The number of halogens is 2. The quantitative estimate of drug-likeness (QED) is 0.835. The summed E-state index contributed by atoms with van der Waals surface area (Å²) < 4.78 is 33.2. The van der Waals surface area contributed by atoms with Gasteiger partial charge in [0.1, 0.15) is 17.9 Å². The Kier molecular flexibility index (Phi) is 4.84. The largest absolute Gasteiger partial charge is 0.496 e. The van der Waals surface area contributed by atoms with Gasteiger partial charge in [-0.15, -0.1) is 0 Å². The number of ether oxygens (including phenoxy) is 2. The zero-order chi connectivity index (χ0) is 12.8. The molecule has 0 heterocycles. The van der Waals surface area contributed by atoms with E-state index >= 15 is 0 Å². The average Bonchev–Trinajstić information content (AvgIpc) is 2.28. The van der Waals surface area contributed by atoms with Crippen molar-refractivity contribution >= 4 is 5.97 Å². The number of rotatable bonds is 6. The van der Waals surface area contributed by atoms with Crippen molar-refractivity contribution in [3.8, 4) is 5.75 Å². The van der Waals surface area contributed by atoms with Crippen LogP contribution >= 0.6 is 0 Å². The van der Waals surface area contributed by atoms with Crippen LogP contribution in [0.1, 0.15) is 15.9 Å². The first kappa shape index (κ1) is 13.4. The van der Waals surface area contributed by atoms with Crippen molar-refractivity contribution in [1.82, 2.24) is 0 Å². The Morgan fingerprint density at radius 3 is 2.71 bits per heavy atom. The molecule has 0 aliphatic heterocycles. The zero-order valence-electron chi connectivity index (χ0n) is 9.15. The van der Waals surface area contributed by atoms with Crippen LogP contribution in [-0.4, -0.2) is 31.2 Å². The van der Waals surface area contributed by atoms with Crippen LogP contribution in [0.15, 0.2) is 18.2 Å². The van der Waals surface area contributed by atoms with Gasteiger partial charge >= 0.3 is 5.97 Å². The lowest BCUT2D eigenvalue weighted by Gasteiger charge is -2.08. The Bertz CT molecular complexity index is 393. The molecule has 0 aromatic heterocycles. The van der Waals surface area contributed by atoms with E-state index in [0.717, 1.165) is 0 Å². The zero-order valence-corrected chi connectivity index (χ0v) is 9.15.